The molecule has 0 aromatic heterocycles. The van der Waals surface area contributed by atoms with E-state index in [0.29, 0.717) is 6.42 Å². The third kappa shape index (κ3) is 6.55. The van der Waals surface area contributed by atoms with Crippen LogP contribution >= 0.6 is 0 Å². The highest BCUT2D eigenvalue weighted by Gasteiger charge is 2.31. The number of Topliss-reactive ketones (excluding diaryl/α,β-unsaturated/α-hetero) is 1. The number of nitrogens with one attached hydrogen (secondary N) is 2. The number of likely N-dealkylation sites (N-methyl/N-ethyl adjacent to an activating group) is 1. The van der Waals surface area contributed by atoms with Crippen LogP contribution in [-0.4, -0.2) is 48.3 Å². The number of hydrogen-bond donors (Lipinski definition) is 3. The fraction of sp³-hybridized carbons (Fsp3) is 0.750. The van der Waals surface area contributed by atoms with Gasteiger partial charge in [0.25, 0.3) is 5.78 Å². The van der Waals surface area contributed by atoms with Gasteiger partial charge in [0, 0.05) is 6.42 Å². The Labute approximate surface area is 115 Å². The average molecular weight is 294 g/mol. The number of carboxylic acids is 1. The second-order valence-electron chi connectivity index (χ2n) is 4.83. The summed E-state index contributed by atoms with van der Waals surface area (Å²) in [6, 6.07) is -2.39. The highest BCUT2D eigenvalue weighted by atomic mass is 19.3. The Morgan fingerprint density at radius 1 is 1.10 bits per heavy atom. The number of alkyl halides is 2. The second-order valence-corrected chi connectivity index (χ2v) is 4.83. The zero-order valence-corrected chi connectivity index (χ0v) is 11.7. The van der Waals surface area contributed by atoms with Gasteiger partial charge >= 0.3 is 5.97 Å². The molecule has 0 aromatic carbocycles. The van der Waals surface area contributed by atoms with Crippen molar-refractivity contribution in [1.29, 1.82) is 0 Å². The van der Waals surface area contributed by atoms with E-state index in [-0.39, 0.29) is 5.92 Å². The zero-order valence-electron chi connectivity index (χ0n) is 11.7. The first-order valence-corrected chi connectivity index (χ1v) is 6.21. The van der Waals surface area contributed by atoms with Crippen molar-refractivity contribution in [3.63, 3.8) is 0 Å². The highest BCUT2D eigenvalue weighted by molar-refractivity contribution is 6.35. The summed E-state index contributed by atoms with van der Waals surface area (Å²) >= 11 is 0. The second kappa shape index (κ2) is 8.57. The normalized spacial score (nSPS) is 14.2. The van der Waals surface area contributed by atoms with Gasteiger partial charge in [-0.2, -0.15) is 0 Å². The van der Waals surface area contributed by atoms with Gasteiger partial charge in [0.1, 0.15) is 6.04 Å². The van der Waals surface area contributed by atoms with Crippen LogP contribution in [0.25, 0.3) is 0 Å². The molecule has 0 saturated carbocycles. The molecule has 0 radical (unpaired) electrons. The van der Waals surface area contributed by atoms with Crippen LogP contribution in [0.3, 0.4) is 0 Å². The first-order valence-electron chi connectivity index (χ1n) is 6.21. The summed E-state index contributed by atoms with van der Waals surface area (Å²) in [5.41, 5.74) is 0. The number of carbonyl (C=O) groups is 3. The molecule has 0 rings (SSSR count). The molecular formula is C12H20F2N2O4. The minimum absolute atomic E-state index is 0.168. The highest BCUT2D eigenvalue weighted by Crippen LogP contribution is 2.08. The SMILES string of the molecule is CNC(CC(C)C)C(=O)NC(CC(F)F)C(=O)C(=O)O. The number of halogens is 2. The summed E-state index contributed by atoms with van der Waals surface area (Å²) in [4.78, 5) is 33.7. The van der Waals surface area contributed by atoms with E-state index >= 15 is 0 Å². The van der Waals surface area contributed by atoms with Crippen molar-refractivity contribution in [2.24, 2.45) is 5.92 Å². The topological polar surface area (TPSA) is 95.5 Å². The minimum atomic E-state index is -2.89. The van der Waals surface area contributed by atoms with E-state index in [9.17, 15) is 23.2 Å². The molecule has 0 aliphatic rings. The molecule has 0 fully saturated rings. The summed E-state index contributed by atoms with van der Waals surface area (Å²) < 4.78 is 24.7. The summed E-state index contributed by atoms with van der Waals surface area (Å²) in [6.07, 6.45) is -3.47. The fourth-order valence-corrected chi connectivity index (χ4v) is 1.66. The number of rotatable bonds is 9. The van der Waals surface area contributed by atoms with Crippen LogP contribution in [0.1, 0.15) is 26.7 Å². The van der Waals surface area contributed by atoms with E-state index in [1.807, 2.05) is 13.8 Å². The summed E-state index contributed by atoms with van der Waals surface area (Å²) in [7, 11) is 1.52. The van der Waals surface area contributed by atoms with Gasteiger partial charge in [-0.1, -0.05) is 13.8 Å². The van der Waals surface area contributed by atoms with Crippen molar-refractivity contribution >= 4 is 17.7 Å². The summed E-state index contributed by atoms with van der Waals surface area (Å²) in [6.45, 7) is 3.74. The standard InChI is InChI=1S/C12H20F2N2O4/c1-6(2)4-8(15-3)11(18)16-7(5-9(13)14)10(17)12(19)20/h6-9,15H,4-5H2,1-3H3,(H,16,18)(H,19,20). The average Bonchev–Trinajstić information content (AvgIpc) is 2.32. The molecule has 2 atom stereocenters. The number of carbonyl (C=O) groups excluding carboxylic acids is 2. The predicted octanol–water partition coefficient (Wildman–Crippen LogP) is 0.414. The lowest BCUT2D eigenvalue weighted by atomic mass is 10.0. The lowest BCUT2D eigenvalue weighted by Gasteiger charge is -2.21. The van der Waals surface area contributed by atoms with E-state index in [1.165, 1.54) is 7.05 Å². The van der Waals surface area contributed by atoms with Gasteiger partial charge in [-0.25, -0.2) is 13.6 Å². The molecule has 8 heteroatoms. The molecule has 0 aromatic rings. The zero-order chi connectivity index (χ0) is 15.9. The number of carboxylic acid groups (broad SMARTS) is 1. The third-order valence-electron chi connectivity index (χ3n) is 2.63. The lowest BCUT2D eigenvalue weighted by molar-refractivity contribution is -0.151. The molecule has 116 valence electrons. The van der Waals surface area contributed by atoms with Crippen molar-refractivity contribution in [2.45, 2.75) is 45.2 Å². The maximum atomic E-state index is 12.3. The molecule has 1 amide bonds. The van der Waals surface area contributed by atoms with E-state index in [0.717, 1.165) is 0 Å². The van der Waals surface area contributed by atoms with Crippen LogP contribution in [0, 0.1) is 5.92 Å². The van der Waals surface area contributed by atoms with Crippen LogP contribution in [0.2, 0.25) is 0 Å². The van der Waals surface area contributed by atoms with E-state index < -0.39 is 42.6 Å². The maximum Gasteiger partial charge on any atom is 0.374 e. The van der Waals surface area contributed by atoms with Gasteiger partial charge in [0.05, 0.1) is 6.04 Å². The van der Waals surface area contributed by atoms with Gasteiger partial charge in [-0.3, -0.25) is 9.59 Å². The maximum absolute atomic E-state index is 12.3. The largest absolute Gasteiger partial charge is 0.475 e. The molecular weight excluding hydrogens is 274 g/mol. The van der Waals surface area contributed by atoms with Crippen molar-refractivity contribution < 1.29 is 28.3 Å². The molecule has 0 spiro atoms. The van der Waals surface area contributed by atoms with Crippen LogP contribution in [0.15, 0.2) is 0 Å². The first kappa shape index (κ1) is 18.4. The number of hydrogen-bond acceptors (Lipinski definition) is 4. The van der Waals surface area contributed by atoms with Gasteiger partial charge in [-0.05, 0) is 19.4 Å². The van der Waals surface area contributed by atoms with Gasteiger partial charge in [0.15, 0.2) is 0 Å². The number of aliphatic carboxylic acids is 1. The first-order chi connectivity index (χ1) is 9.18. The van der Waals surface area contributed by atoms with E-state index in [2.05, 4.69) is 10.6 Å². The van der Waals surface area contributed by atoms with Crippen molar-refractivity contribution in [3.05, 3.63) is 0 Å². The smallest absolute Gasteiger partial charge is 0.374 e. The Hall–Kier alpha value is -1.57. The third-order valence-corrected chi connectivity index (χ3v) is 2.63. The summed E-state index contributed by atoms with van der Waals surface area (Å²) in [5.74, 6) is -3.79. The Morgan fingerprint density at radius 3 is 2.00 bits per heavy atom. The number of amides is 1. The molecule has 0 bridgehead atoms. The van der Waals surface area contributed by atoms with E-state index in [1.54, 1.807) is 0 Å². The molecule has 2 unspecified atom stereocenters. The molecule has 0 aliphatic heterocycles. The van der Waals surface area contributed by atoms with Gasteiger partial charge < -0.3 is 15.7 Å². The minimum Gasteiger partial charge on any atom is -0.475 e. The Morgan fingerprint density at radius 2 is 1.65 bits per heavy atom. The van der Waals surface area contributed by atoms with E-state index in [4.69, 9.17) is 5.11 Å². The lowest BCUT2D eigenvalue weighted by Crippen LogP contribution is -2.51. The molecule has 0 saturated heterocycles. The molecule has 6 nitrogen and oxygen atoms in total. The monoisotopic (exact) mass is 294 g/mol. The van der Waals surface area contributed by atoms with Gasteiger partial charge in [-0.15, -0.1) is 0 Å². The predicted molar refractivity (Wildman–Crippen MR) is 67.5 cm³/mol. The Bertz CT molecular complexity index is 361. The van der Waals surface area contributed by atoms with Crippen molar-refractivity contribution in [1.82, 2.24) is 10.6 Å². The van der Waals surface area contributed by atoms with Crippen molar-refractivity contribution in [3.8, 4) is 0 Å². The van der Waals surface area contributed by atoms with Crippen molar-refractivity contribution in [2.75, 3.05) is 7.05 Å². The summed E-state index contributed by atoms with van der Waals surface area (Å²) in [5, 5.41) is 13.3. The molecule has 0 heterocycles. The Balaban J connectivity index is 4.82. The van der Waals surface area contributed by atoms with Crippen LogP contribution in [0.4, 0.5) is 8.78 Å². The number of ketones is 1. The Kier molecular flexibility index (Phi) is 7.90. The van der Waals surface area contributed by atoms with Gasteiger partial charge in [0.2, 0.25) is 12.3 Å². The van der Waals surface area contributed by atoms with Crippen LogP contribution in [-0.2, 0) is 14.4 Å². The van der Waals surface area contributed by atoms with Crippen LogP contribution in [0.5, 0.6) is 0 Å². The quantitative estimate of drug-likeness (QED) is 0.535. The van der Waals surface area contributed by atoms with Crippen LogP contribution < -0.4 is 10.6 Å². The fourth-order valence-electron chi connectivity index (χ4n) is 1.66. The molecule has 20 heavy (non-hydrogen) atoms. The molecule has 0 aliphatic carbocycles. The molecule has 3 N–H and O–H groups in total.